The van der Waals surface area contributed by atoms with Gasteiger partial charge in [0.05, 0.1) is 4.92 Å². The number of carbonyl (C=O) groups is 1. The summed E-state index contributed by atoms with van der Waals surface area (Å²) in [5.74, 6) is -0.287. The summed E-state index contributed by atoms with van der Waals surface area (Å²) in [4.78, 5) is 24.0. The highest BCUT2D eigenvalue weighted by molar-refractivity contribution is 5.95. The molecule has 1 saturated heterocycles. The van der Waals surface area contributed by atoms with Crippen molar-refractivity contribution in [2.75, 3.05) is 25.0 Å². The molecule has 0 bridgehead atoms. The average Bonchev–Trinajstić information content (AvgIpc) is 2.42. The summed E-state index contributed by atoms with van der Waals surface area (Å²) in [5, 5.41) is 23.9. The molecule has 2 N–H and O–H groups in total. The molecule has 7 heteroatoms. The Bertz CT molecular complexity index is 580. The molecule has 1 amide bonds. The fourth-order valence-electron chi connectivity index (χ4n) is 2.37. The summed E-state index contributed by atoms with van der Waals surface area (Å²) >= 11 is 0. The van der Waals surface area contributed by atoms with E-state index >= 15 is 0 Å². The van der Waals surface area contributed by atoms with Crippen LogP contribution in [0.2, 0.25) is 0 Å². The molecule has 1 aromatic carbocycles. The maximum atomic E-state index is 11.6. The smallest absolute Gasteiger partial charge is 0.293 e. The van der Waals surface area contributed by atoms with Crippen molar-refractivity contribution >= 4 is 17.3 Å². The molecule has 0 atom stereocenters. The van der Waals surface area contributed by atoms with Gasteiger partial charge in [-0.3, -0.25) is 14.9 Å². The lowest BCUT2D eigenvalue weighted by Gasteiger charge is -2.50. The summed E-state index contributed by atoms with van der Waals surface area (Å²) < 4.78 is 0. The van der Waals surface area contributed by atoms with Crippen LogP contribution < -0.4 is 10.2 Å². The predicted octanol–water partition coefficient (Wildman–Crippen LogP) is 1.16. The second-order valence-corrected chi connectivity index (χ2v) is 5.65. The van der Waals surface area contributed by atoms with Crippen LogP contribution in [0.15, 0.2) is 18.2 Å². The van der Waals surface area contributed by atoms with Gasteiger partial charge in [-0.15, -0.1) is 0 Å². The molecule has 1 heterocycles. The first-order valence-corrected chi connectivity index (χ1v) is 6.76. The van der Waals surface area contributed by atoms with E-state index in [2.05, 4.69) is 5.32 Å². The van der Waals surface area contributed by atoms with E-state index in [-0.39, 0.29) is 23.1 Å². The van der Waals surface area contributed by atoms with Gasteiger partial charge in [0.25, 0.3) is 11.6 Å². The number of nitrogens with zero attached hydrogens (tertiary/aromatic N) is 2. The van der Waals surface area contributed by atoms with Crippen LogP contribution in [0, 0.1) is 16.0 Å². The number of amides is 1. The van der Waals surface area contributed by atoms with Gasteiger partial charge in [-0.05, 0) is 18.1 Å². The third-order valence-corrected chi connectivity index (χ3v) is 4.01. The highest BCUT2D eigenvalue weighted by Gasteiger charge is 2.45. The van der Waals surface area contributed by atoms with Gasteiger partial charge in [0.15, 0.2) is 0 Å². The first-order valence-electron chi connectivity index (χ1n) is 6.76. The summed E-state index contributed by atoms with van der Waals surface area (Å²) in [7, 11) is 1.47. The van der Waals surface area contributed by atoms with E-state index in [1.165, 1.54) is 13.1 Å². The number of rotatable bonds is 4. The van der Waals surface area contributed by atoms with Crippen LogP contribution in [0.4, 0.5) is 11.4 Å². The lowest BCUT2D eigenvalue weighted by molar-refractivity contribution is -0.384. The number of nitro groups is 1. The summed E-state index contributed by atoms with van der Waals surface area (Å²) in [6, 6.07) is 4.37. The minimum atomic E-state index is -0.812. The molecule has 0 radical (unpaired) electrons. The first kappa shape index (κ1) is 15.2. The van der Waals surface area contributed by atoms with E-state index in [1.807, 2.05) is 13.8 Å². The second kappa shape index (κ2) is 5.33. The fraction of sp³-hybridized carbons (Fsp3) is 0.500. The fourth-order valence-corrected chi connectivity index (χ4v) is 2.37. The lowest BCUT2D eigenvalue weighted by Crippen LogP contribution is -2.64. The Balaban J connectivity index is 2.29. The van der Waals surface area contributed by atoms with Crippen LogP contribution in [-0.4, -0.2) is 41.7 Å². The van der Waals surface area contributed by atoms with Crippen LogP contribution in [0.3, 0.4) is 0 Å². The number of aliphatic hydroxyl groups is 1. The van der Waals surface area contributed by atoms with E-state index in [4.69, 9.17) is 0 Å². The summed E-state index contributed by atoms with van der Waals surface area (Å²) in [6.45, 7) is 4.54. The first-order chi connectivity index (χ1) is 9.78. The third-order valence-electron chi connectivity index (χ3n) is 4.01. The highest BCUT2D eigenvalue weighted by Crippen LogP contribution is 2.38. The maximum absolute atomic E-state index is 11.6. The molecule has 21 heavy (non-hydrogen) atoms. The molecule has 114 valence electrons. The van der Waals surface area contributed by atoms with E-state index in [9.17, 15) is 20.0 Å². The minimum Gasteiger partial charge on any atom is -0.386 e. The number of hydrogen-bond acceptors (Lipinski definition) is 5. The SMILES string of the molecule is CNC(=O)c1ccc(N2CC(O)(C(C)C)C2)c([N+](=O)[O-])c1. The summed E-state index contributed by atoms with van der Waals surface area (Å²) in [6.07, 6.45) is 0. The van der Waals surface area contributed by atoms with Gasteiger partial charge in [-0.1, -0.05) is 13.8 Å². The Hall–Kier alpha value is -2.15. The Morgan fingerprint density at radius 1 is 1.48 bits per heavy atom. The van der Waals surface area contributed by atoms with Crippen molar-refractivity contribution in [1.29, 1.82) is 0 Å². The zero-order valence-corrected chi connectivity index (χ0v) is 12.3. The van der Waals surface area contributed by atoms with Gasteiger partial charge in [0.1, 0.15) is 11.3 Å². The van der Waals surface area contributed by atoms with Crippen molar-refractivity contribution in [3.8, 4) is 0 Å². The topological polar surface area (TPSA) is 95.7 Å². The molecular formula is C14H19N3O4. The Labute approximate surface area is 122 Å². The number of nitro benzene ring substituents is 1. The Kier molecular flexibility index (Phi) is 3.87. The molecule has 1 aliphatic rings. The van der Waals surface area contributed by atoms with E-state index in [0.717, 1.165) is 0 Å². The maximum Gasteiger partial charge on any atom is 0.293 e. The molecule has 0 unspecified atom stereocenters. The molecule has 0 aromatic heterocycles. The van der Waals surface area contributed by atoms with Crippen LogP contribution in [0.25, 0.3) is 0 Å². The standard InChI is InChI=1S/C14H19N3O4/c1-9(2)14(19)7-16(8-14)11-5-4-10(13(18)15-3)6-12(11)17(20)21/h4-6,9,19H,7-8H2,1-3H3,(H,15,18). The minimum absolute atomic E-state index is 0.0814. The van der Waals surface area contributed by atoms with E-state index in [1.54, 1.807) is 17.0 Å². The van der Waals surface area contributed by atoms with Gasteiger partial charge < -0.3 is 15.3 Å². The molecule has 0 aliphatic carbocycles. The monoisotopic (exact) mass is 293 g/mol. The zero-order chi connectivity index (χ0) is 15.8. The average molecular weight is 293 g/mol. The number of hydrogen-bond donors (Lipinski definition) is 2. The van der Waals surface area contributed by atoms with Gasteiger partial charge in [-0.25, -0.2) is 0 Å². The van der Waals surface area contributed by atoms with Gasteiger partial charge in [0.2, 0.25) is 0 Å². The van der Waals surface area contributed by atoms with Crippen LogP contribution in [-0.2, 0) is 0 Å². The number of nitrogens with one attached hydrogen (secondary N) is 1. The van der Waals surface area contributed by atoms with E-state index in [0.29, 0.717) is 18.8 Å². The normalized spacial score (nSPS) is 16.5. The molecule has 2 rings (SSSR count). The number of benzene rings is 1. The summed E-state index contributed by atoms with van der Waals surface area (Å²) in [5.41, 5.74) is -0.264. The molecule has 7 nitrogen and oxygen atoms in total. The Morgan fingerprint density at radius 2 is 2.10 bits per heavy atom. The number of anilines is 1. The van der Waals surface area contributed by atoms with Gasteiger partial charge >= 0.3 is 0 Å². The van der Waals surface area contributed by atoms with Crippen LogP contribution in [0.5, 0.6) is 0 Å². The largest absolute Gasteiger partial charge is 0.386 e. The zero-order valence-electron chi connectivity index (χ0n) is 12.3. The Morgan fingerprint density at radius 3 is 2.57 bits per heavy atom. The van der Waals surface area contributed by atoms with Crippen molar-refractivity contribution in [1.82, 2.24) is 5.32 Å². The van der Waals surface area contributed by atoms with Crippen molar-refractivity contribution in [2.24, 2.45) is 5.92 Å². The van der Waals surface area contributed by atoms with Crippen molar-refractivity contribution in [3.05, 3.63) is 33.9 Å². The molecule has 0 spiro atoms. The molecule has 0 saturated carbocycles. The quantitative estimate of drug-likeness (QED) is 0.641. The van der Waals surface area contributed by atoms with Crippen molar-refractivity contribution in [2.45, 2.75) is 19.4 Å². The van der Waals surface area contributed by atoms with Gasteiger partial charge in [0, 0.05) is 31.8 Å². The van der Waals surface area contributed by atoms with Crippen molar-refractivity contribution in [3.63, 3.8) is 0 Å². The number of β-amino-alcohol motifs (C(OH)–C–C–N with tert-alkyl or cyclic N) is 1. The van der Waals surface area contributed by atoms with Crippen molar-refractivity contribution < 1.29 is 14.8 Å². The molecule has 1 aliphatic heterocycles. The van der Waals surface area contributed by atoms with Crippen LogP contribution in [0.1, 0.15) is 24.2 Å². The number of carbonyl (C=O) groups excluding carboxylic acids is 1. The van der Waals surface area contributed by atoms with Gasteiger partial charge in [-0.2, -0.15) is 0 Å². The van der Waals surface area contributed by atoms with Crippen LogP contribution >= 0.6 is 0 Å². The second-order valence-electron chi connectivity index (χ2n) is 5.65. The lowest BCUT2D eigenvalue weighted by atomic mass is 9.82. The third kappa shape index (κ3) is 2.69. The highest BCUT2D eigenvalue weighted by atomic mass is 16.6. The molecule has 1 fully saturated rings. The predicted molar refractivity (Wildman–Crippen MR) is 78.5 cm³/mol. The molecule has 1 aromatic rings. The van der Waals surface area contributed by atoms with E-state index < -0.39 is 10.5 Å². The molecular weight excluding hydrogens is 274 g/mol.